The lowest BCUT2D eigenvalue weighted by atomic mass is 10.3. The van der Waals surface area contributed by atoms with Crippen molar-refractivity contribution in [3.8, 4) is 0 Å². The largest absolute Gasteiger partial charge is 0.323 e. The van der Waals surface area contributed by atoms with Gasteiger partial charge in [0.25, 0.3) is 0 Å². The number of urea groups is 1. The molecule has 1 aliphatic rings. The fourth-order valence-electron chi connectivity index (χ4n) is 1.95. The van der Waals surface area contributed by atoms with Gasteiger partial charge in [0.1, 0.15) is 0 Å². The van der Waals surface area contributed by atoms with Crippen LogP contribution < -0.4 is 10.6 Å². The van der Waals surface area contributed by atoms with Crippen LogP contribution >= 0.6 is 24.0 Å². The predicted octanol–water partition coefficient (Wildman–Crippen LogP) is 2.59. The predicted molar refractivity (Wildman–Crippen MR) is 76.8 cm³/mol. The Hall–Kier alpha value is -0.970. The Balaban J connectivity index is 0.00000162. The van der Waals surface area contributed by atoms with E-state index in [4.69, 9.17) is 11.6 Å². The summed E-state index contributed by atoms with van der Waals surface area (Å²) in [6, 6.07) is 7.51. The van der Waals surface area contributed by atoms with Crippen molar-refractivity contribution in [1.82, 2.24) is 10.2 Å². The number of amides is 2. The van der Waals surface area contributed by atoms with Crippen molar-refractivity contribution in [2.24, 2.45) is 0 Å². The van der Waals surface area contributed by atoms with E-state index in [9.17, 15) is 4.79 Å². The summed E-state index contributed by atoms with van der Waals surface area (Å²) in [5, 5.41) is 6.65. The number of anilines is 1. The number of carbonyl (C=O) groups is 1. The van der Waals surface area contributed by atoms with E-state index < -0.39 is 0 Å². The molecule has 2 rings (SSSR count). The van der Waals surface area contributed by atoms with E-state index >= 15 is 0 Å². The Labute approximate surface area is 118 Å². The molecule has 6 heteroatoms. The number of nitrogens with one attached hydrogen (secondary N) is 2. The molecule has 2 N–H and O–H groups in total. The molecule has 1 aliphatic heterocycles. The first-order chi connectivity index (χ1) is 8.19. The van der Waals surface area contributed by atoms with Gasteiger partial charge in [-0.05, 0) is 31.7 Å². The molecule has 0 bridgehead atoms. The minimum absolute atomic E-state index is 0. The molecule has 1 aromatic carbocycles. The molecule has 0 aromatic heterocycles. The lowest BCUT2D eigenvalue weighted by molar-refractivity contribution is 0.221. The molecule has 0 saturated carbocycles. The number of hydrogen-bond donors (Lipinski definition) is 2. The molecular formula is C12H17Cl2N3O. The van der Waals surface area contributed by atoms with Crippen LogP contribution in [-0.2, 0) is 0 Å². The van der Waals surface area contributed by atoms with Crippen LogP contribution in [0, 0.1) is 0 Å². The molecule has 2 amide bonds. The van der Waals surface area contributed by atoms with E-state index in [-0.39, 0.29) is 18.4 Å². The molecule has 1 aromatic rings. The van der Waals surface area contributed by atoms with E-state index in [1.54, 1.807) is 12.1 Å². The number of nitrogens with zero attached hydrogens (tertiary/aromatic N) is 1. The third-order valence-corrected chi connectivity index (χ3v) is 3.19. The average Bonchev–Trinajstić information content (AvgIpc) is 2.77. The van der Waals surface area contributed by atoms with Gasteiger partial charge in [-0.25, -0.2) is 4.79 Å². The van der Waals surface area contributed by atoms with Gasteiger partial charge in [0.05, 0.1) is 0 Å². The summed E-state index contributed by atoms with van der Waals surface area (Å²) >= 11 is 5.86. The smallest absolute Gasteiger partial charge is 0.321 e. The summed E-state index contributed by atoms with van der Waals surface area (Å²) in [5.41, 5.74) is 0.732. The van der Waals surface area contributed by atoms with Crippen LogP contribution in [0.3, 0.4) is 0 Å². The Bertz CT molecular complexity index is 414. The van der Waals surface area contributed by atoms with Gasteiger partial charge >= 0.3 is 6.03 Å². The minimum Gasteiger partial charge on any atom is -0.323 e. The zero-order valence-electron chi connectivity index (χ0n) is 10.1. The van der Waals surface area contributed by atoms with Gasteiger partial charge in [-0.2, -0.15) is 0 Å². The molecule has 1 heterocycles. The Morgan fingerprint density at radius 1 is 1.50 bits per heavy atom. The molecule has 1 atom stereocenters. The summed E-state index contributed by atoms with van der Waals surface area (Å²) in [6.45, 7) is 1.54. The van der Waals surface area contributed by atoms with Crippen LogP contribution in [0.1, 0.15) is 6.42 Å². The first-order valence-electron chi connectivity index (χ1n) is 5.68. The second-order valence-electron chi connectivity index (χ2n) is 4.16. The van der Waals surface area contributed by atoms with E-state index in [2.05, 4.69) is 10.6 Å². The SMILES string of the molecule is CNC1CCN(C(=O)Nc2cccc(Cl)c2)C1.Cl. The number of likely N-dealkylation sites (tertiary alicyclic amines) is 1. The Kier molecular flexibility index (Phi) is 5.72. The van der Waals surface area contributed by atoms with Gasteiger partial charge in [-0.15, -0.1) is 12.4 Å². The number of carbonyl (C=O) groups excluding carboxylic acids is 1. The van der Waals surface area contributed by atoms with Crippen molar-refractivity contribution in [3.63, 3.8) is 0 Å². The summed E-state index contributed by atoms with van der Waals surface area (Å²) in [4.78, 5) is 13.7. The van der Waals surface area contributed by atoms with Crippen LogP contribution in [0.2, 0.25) is 5.02 Å². The number of rotatable bonds is 2. The summed E-state index contributed by atoms with van der Waals surface area (Å²) in [6.07, 6.45) is 0.999. The van der Waals surface area contributed by atoms with Gasteiger partial charge in [0.15, 0.2) is 0 Å². The van der Waals surface area contributed by atoms with Gasteiger partial charge in [0, 0.05) is 29.8 Å². The first-order valence-corrected chi connectivity index (χ1v) is 6.05. The molecule has 1 unspecified atom stereocenters. The Morgan fingerprint density at radius 2 is 2.28 bits per heavy atom. The molecule has 0 aliphatic carbocycles. The molecule has 0 radical (unpaired) electrons. The number of hydrogen-bond acceptors (Lipinski definition) is 2. The highest BCUT2D eigenvalue weighted by Gasteiger charge is 2.24. The fourth-order valence-corrected chi connectivity index (χ4v) is 2.14. The second kappa shape index (κ2) is 6.83. The van der Waals surface area contributed by atoms with Gasteiger partial charge in [-0.1, -0.05) is 17.7 Å². The van der Waals surface area contributed by atoms with E-state index in [1.807, 2.05) is 24.1 Å². The van der Waals surface area contributed by atoms with Crippen molar-refractivity contribution in [2.45, 2.75) is 12.5 Å². The summed E-state index contributed by atoms with van der Waals surface area (Å²) < 4.78 is 0. The lowest BCUT2D eigenvalue weighted by Gasteiger charge is -2.17. The zero-order chi connectivity index (χ0) is 12.3. The van der Waals surface area contributed by atoms with Crippen LogP contribution in [0.15, 0.2) is 24.3 Å². The molecule has 4 nitrogen and oxygen atoms in total. The summed E-state index contributed by atoms with van der Waals surface area (Å²) in [5.74, 6) is 0. The van der Waals surface area contributed by atoms with Crippen LogP contribution in [0.4, 0.5) is 10.5 Å². The van der Waals surface area contributed by atoms with E-state index in [1.165, 1.54) is 0 Å². The standard InChI is InChI=1S/C12H16ClN3O.ClH/c1-14-11-5-6-16(8-11)12(17)15-10-4-2-3-9(13)7-10;/h2-4,7,11,14H,5-6,8H2,1H3,(H,15,17);1H. The average molecular weight is 290 g/mol. The van der Waals surface area contributed by atoms with Crippen LogP contribution in [0.25, 0.3) is 0 Å². The number of halogens is 2. The lowest BCUT2D eigenvalue weighted by Crippen LogP contribution is -2.36. The van der Waals surface area contributed by atoms with Crippen molar-refractivity contribution in [3.05, 3.63) is 29.3 Å². The third-order valence-electron chi connectivity index (χ3n) is 2.96. The molecule has 18 heavy (non-hydrogen) atoms. The molecule has 1 saturated heterocycles. The fraction of sp³-hybridized carbons (Fsp3) is 0.417. The normalized spacial score (nSPS) is 18.3. The quantitative estimate of drug-likeness (QED) is 0.879. The monoisotopic (exact) mass is 289 g/mol. The Morgan fingerprint density at radius 3 is 2.89 bits per heavy atom. The zero-order valence-corrected chi connectivity index (χ0v) is 11.7. The second-order valence-corrected chi connectivity index (χ2v) is 4.60. The maximum absolute atomic E-state index is 11.9. The number of benzene rings is 1. The highest BCUT2D eigenvalue weighted by Crippen LogP contribution is 2.16. The first kappa shape index (κ1) is 15.1. The van der Waals surface area contributed by atoms with Crippen molar-refractivity contribution in [2.75, 3.05) is 25.5 Å². The highest BCUT2D eigenvalue weighted by molar-refractivity contribution is 6.30. The van der Waals surface area contributed by atoms with Crippen LogP contribution in [0.5, 0.6) is 0 Å². The maximum Gasteiger partial charge on any atom is 0.321 e. The maximum atomic E-state index is 11.9. The molecular weight excluding hydrogens is 273 g/mol. The minimum atomic E-state index is -0.0648. The van der Waals surface area contributed by atoms with E-state index in [0.717, 1.165) is 25.2 Å². The highest BCUT2D eigenvalue weighted by atomic mass is 35.5. The molecule has 1 fully saturated rings. The third kappa shape index (κ3) is 3.77. The van der Waals surface area contributed by atoms with E-state index in [0.29, 0.717) is 11.1 Å². The molecule has 0 spiro atoms. The van der Waals surface area contributed by atoms with Crippen molar-refractivity contribution < 1.29 is 4.79 Å². The van der Waals surface area contributed by atoms with Crippen molar-refractivity contribution in [1.29, 1.82) is 0 Å². The van der Waals surface area contributed by atoms with Gasteiger partial charge in [-0.3, -0.25) is 0 Å². The topological polar surface area (TPSA) is 44.4 Å². The van der Waals surface area contributed by atoms with Crippen LogP contribution in [-0.4, -0.2) is 37.1 Å². The number of likely N-dealkylation sites (N-methyl/N-ethyl adjacent to an activating group) is 1. The van der Waals surface area contributed by atoms with Gasteiger partial charge in [0.2, 0.25) is 0 Å². The van der Waals surface area contributed by atoms with Gasteiger partial charge < -0.3 is 15.5 Å². The summed E-state index contributed by atoms with van der Waals surface area (Å²) in [7, 11) is 1.92. The van der Waals surface area contributed by atoms with Crippen molar-refractivity contribution >= 4 is 35.7 Å². The molecule has 100 valence electrons.